The van der Waals surface area contributed by atoms with Crippen molar-refractivity contribution in [1.82, 2.24) is 15.0 Å². The first-order valence-electron chi connectivity index (χ1n) is 21.9. The van der Waals surface area contributed by atoms with Crippen LogP contribution in [0, 0.1) is 0 Å². The molecule has 0 saturated carbocycles. The molecule has 3 aliphatic carbocycles. The molecule has 0 aliphatic heterocycles. The lowest BCUT2D eigenvalue weighted by Crippen LogP contribution is -2.07. The summed E-state index contributed by atoms with van der Waals surface area (Å²) in [5.74, 6) is 2.30. The Hall–Kier alpha value is -8.01. The maximum atomic E-state index is 5.16. The third kappa shape index (κ3) is 5.70. The van der Waals surface area contributed by atoms with E-state index in [4.69, 9.17) is 15.0 Å². The van der Waals surface area contributed by atoms with Crippen LogP contribution in [0.5, 0.6) is 0 Å². The van der Waals surface area contributed by atoms with Crippen molar-refractivity contribution in [3.63, 3.8) is 0 Å². The third-order valence-electron chi connectivity index (χ3n) is 13.5. The van der Waals surface area contributed by atoms with Crippen molar-refractivity contribution in [2.45, 2.75) is 18.3 Å². The van der Waals surface area contributed by atoms with Crippen LogP contribution in [0.1, 0.15) is 56.3 Å². The van der Waals surface area contributed by atoms with E-state index < -0.39 is 0 Å². The maximum Gasteiger partial charge on any atom is 0.164 e. The Kier molecular flexibility index (Phi) is 8.10. The average Bonchev–Trinajstić information content (AvgIpc) is 4.02. The summed E-state index contributed by atoms with van der Waals surface area (Å²) in [4.78, 5) is 15.3. The Morgan fingerprint density at radius 2 is 0.794 bits per heavy atom. The fraction of sp³-hybridized carbons (Fsp3) is 0.0500. The zero-order valence-electron chi connectivity index (χ0n) is 34.4. The molecule has 63 heavy (non-hydrogen) atoms. The molecule has 9 aromatic carbocycles. The molecule has 0 radical (unpaired) electrons. The van der Waals surface area contributed by atoms with Crippen LogP contribution in [-0.2, 0) is 6.42 Å². The van der Waals surface area contributed by atoms with Gasteiger partial charge >= 0.3 is 0 Å². The molecule has 3 heteroatoms. The van der Waals surface area contributed by atoms with Gasteiger partial charge in [0, 0.05) is 28.5 Å². The number of rotatable bonds is 6. The van der Waals surface area contributed by atoms with E-state index in [1.165, 1.54) is 89.0 Å². The first-order chi connectivity index (χ1) is 31.2. The highest BCUT2D eigenvalue weighted by molar-refractivity contribution is 5.94. The van der Waals surface area contributed by atoms with Crippen LogP contribution >= 0.6 is 0 Å². The van der Waals surface area contributed by atoms with Crippen LogP contribution in [0.3, 0.4) is 0 Å². The number of hydrogen-bond donors (Lipinski definition) is 0. The molecule has 3 aliphatic rings. The molecule has 1 heterocycles. The smallest absolute Gasteiger partial charge is 0.164 e. The largest absolute Gasteiger partial charge is 0.208 e. The zero-order chi connectivity index (χ0) is 41.4. The van der Waals surface area contributed by atoms with Crippen molar-refractivity contribution in [3.8, 4) is 78.7 Å². The lowest BCUT2D eigenvalue weighted by Gasteiger charge is -2.22. The molecule has 1 aromatic heterocycles. The standard InChI is InChI=1S/C60H39N3/c1-5-16-37(17-6-1)54-46-26-14-13-25-45(46)47-32-33-49-52-36-42(30-31-48(52)55(57(49)56(47)54)38-18-7-2-8-19-38)41-28-29-43-34-44-24-15-27-50(53(44)51(43)35-41)60-62-58(39-20-9-3-10-21-39)61-59(63-60)40-22-11-4-12-23-40/h1-33,35-36,54-55H,34H2. The summed E-state index contributed by atoms with van der Waals surface area (Å²) in [6.45, 7) is 0. The molecule has 0 fully saturated rings. The summed E-state index contributed by atoms with van der Waals surface area (Å²) in [6.07, 6.45) is 0.868. The monoisotopic (exact) mass is 801 g/mol. The molecule has 0 saturated heterocycles. The van der Waals surface area contributed by atoms with Crippen LogP contribution < -0.4 is 0 Å². The zero-order valence-corrected chi connectivity index (χ0v) is 34.4. The van der Waals surface area contributed by atoms with Crippen LogP contribution in [-0.4, -0.2) is 15.0 Å². The Morgan fingerprint density at radius 1 is 0.302 bits per heavy atom. The minimum Gasteiger partial charge on any atom is -0.208 e. The van der Waals surface area contributed by atoms with Gasteiger partial charge in [-0.25, -0.2) is 15.0 Å². The molecule has 3 nitrogen and oxygen atoms in total. The highest BCUT2D eigenvalue weighted by Gasteiger charge is 2.40. The van der Waals surface area contributed by atoms with E-state index in [1.54, 1.807) is 0 Å². The summed E-state index contributed by atoms with van der Waals surface area (Å²) in [7, 11) is 0. The molecule has 13 rings (SSSR count). The predicted molar refractivity (Wildman–Crippen MR) is 255 cm³/mol. The van der Waals surface area contributed by atoms with Gasteiger partial charge in [0.2, 0.25) is 0 Å². The topological polar surface area (TPSA) is 38.7 Å². The Labute approximate surface area is 367 Å². The molecule has 2 atom stereocenters. The second-order valence-electron chi connectivity index (χ2n) is 17.0. The van der Waals surface area contributed by atoms with Crippen LogP contribution in [0.25, 0.3) is 78.7 Å². The average molecular weight is 802 g/mol. The van der Waals surface area contributed by atoms with Crippen LogP contribution in [0.4, 0.5) is 0 Å². The van der Waals surface area contributed by atoms with Gasteiger partial charge in [0.25, 0.3) is 0 Å². The van der Waals surface area contributed by atoms with Gasteiger partial charge in [-0.1, -0.05) is 200 Å². The molecule has 0 bridgehead atoms. The van der Waals surface area contributed by atoms with Crippen molar-refractivity contribution >= 4 is 0 Å². The lowest BCUT2D eigenvalue weighted by molar-refractivity contribution is 0.938. The van der Waals surface area contributed by atoms with Crippen molar-refractivity contribution in [2.75, 3.05) is 0 Å². The van der Waals surface area contributed by atoms with E-state index in [1.807, 2.05) is 36.4 Å². The van der Waals surface area contributed by atoms with Gasteiger partial charge in [-0.05, 0) is 108 Å². The predicted octanol–water partition coefficient (Wildman–Crippen LogP) is 14.4. The quantitative estimate of drug-likeness (QED) is 0.168. The summed E-state index contributed by atoms with van der Waals surface area (Å²) in [5.41, 5.74) is 24.1. The number of benzene rings is 9. The highest BCUT2D eigenvalue weighted by atomic mass is 15.0. The summed E-state index contributed by atoms with van der Waals surface area (Å²) >= 11 is 0. The second kappa shape index (κ2) is 14.3. The Morgan fingerprint density at radius 3 is 1.43 bits per heavy atom. The molecule has 294 valence electrons. The van der Waals surface area contributed by atoms with Crippen molar-refractivity contribution < 1.29 is 0 Å². The number of fused-ring (bicyclic) bond motifs is 10. The minimum atomic E-state index is 0.122. The number of hydrogen-bond acceptors (Lipinski definition) is 3. The third-order valence-corrected chi connectivity index (χ3v) is 13.5. The first kappa shape index (κ1) is 35.7. The Balaban J connectivity index is 0.959. The highest BCUT2D eigenvalue weighted by Crippen LogP contribution is 2.58. The van der Waals surface area contributed by atoms with Gasteiger partial charge < -0.3 is 0 Å². The fourth-order valence-electron chi connectivity index (χ4n) is 10.8. The molecule has 0 spiro atoms. The van der Waals surface area contributed by atoms with E-state index in [2.05, 4.69) is 176 Å². The van der Waals surface area contributed by atoms with Gasteiger partial charge in [-0.3, -0.25) is 0 Å². The van der Waals surface area contributed by atoms with Crippen LogP contribution in [0.2, 0.25) is 0 Å². The molecule has 10 aromatic rings. The van der Waals surface area contributed by atoms with Crippen molar-refractivity contribution in [2.24, 2.45) is 0 Å². The van der Waals surface area contributed by atoms with E-state index in [9.17, 15) is 0 Å². The molecular weight excluding hydrogens is 763 g/mol. The summed E-state index contributed by atoms with van der Waals surface area (Å²) < 4.78 is 0. The van der Waals surface area contributed by atoms with Gasteiger partial charge in [-0.2, -0.15) is 0 Å². The molecular formula is C60H39N3. The van der Waals surface area contributed by atoms with Gasteiger partial charge in [0.1, 0.15) is 0 Å². The number of aromatic nitrogens is 3. The maximum absolute atomic E-state index is 5.16. The second-order valence-corrected chi connectivity index (χ2v) is 17.0. The summed E-state index contributed by atoms with van der Waals surface area (Å²) in [6, 6.07) is 77.3. The molecule has 2 unspecified atom stereocenters. The van der Waals surface area contributed by atoms with Gasteiger partial charge in [0.15, 0.2) is 17.5 Å². The van der Waals surface area contributed by atoms with Crippen molar-refractivity contribution in [3.05, 3.63) is 257 Å². The number of nitrogens with zero attached hydrogens (tertiary/aromatic N) is 3. The van der Waals surface area contributed by atoms with Crippen molar-refractivity contribution in [1.29, 1.82) is 0 Å². The normalized spacial score (nSPS) is 14.9. The fourth-order valence-corrected chi connectivity index (χ4v) is 10.8. The van der Waals surface area contributed by atoms with E-state index in [0.29, 0.717) is 17.5 Å². The van der Waals surface area contributed by atoms with Gasteiger partial charge in [-0.15, -0.1) is 0 Å². The molecule has 0 amide bonds. The SMILES string of the molecule is c1ccc(-c2nc(-c3ccccc3)nc(-c3cccc4c3-c3cc(-c5ccc6c(c5)-c5ccc7c(c5C6c5ccccc5)C(c5ccccc5)c5ccccc5-7)ccc3C4)n2)cc1. The van der Waals surface area contributed by atoms with E-state index in [-0.39, 0.29) is 11.8 Å². The minimum absolute atomic E-state index is 0.122. The van der Waals surface area contributed by atoms with Gasteiger partial charge in [0.05, 0.1) is 0 Å². The Bertz CT molecular complexity index is 3360. The molecule has 0 N–H and O–H groups in total. The first-order valence-corrected chi connectivity index (χ1v) is 21.9. The summed E-state index contributed by atoms with van der Waals surface area (Å²) in [5, 5.41) is 0. The van der Waals surface area contributed by atoms with Crippen LogP contribution in [0.15, 0.2) is 212 Å². The lowest BCUT2D eigenvalue weighted by atomic mass is 9.80. The van der Waals surface area contributed by atoms with E-state index in [0.717, 1.165) is 23.1 Å². The van der Waals surface area contributed by atoms with E-state index >= 15 is 0 Å².